The lowest BCUT2D eigenvalue weighted by molar-refractivity contribution is -0.138. The largest absolute Gasteiger partial charge is 0.480 e. The van der Waals surface area contributed by atoms with Crippen LogP contribution < -0.4 is 10.6 Å². The first-order chi connectivity index (χ1) is 7.90. The molecule has 0 bridgehead atoms. The topological polar surface area (TPSA) is 78.4 Å². The van der Waals surface area contributed by atoms with Crippen LogP contribution in [0.1, 0.15) is 12.5 Å². The molecule has 0 radical (unpaired) electrons. The SMILES string of the molecule is Cc1ccc(NC(=O)N[C@H](C)C(=O)O)c(F)c1. The van der Waals surface area contributed by atoms with E-state index in [2.05, 4.69) is 10.6 Å². The van der Waals surface area contributed by atoms with E-state index < -0.39 is 23.9 Å². The Labute approximate surface area is 97.6 Å². The van der Waals surface area contributed by atoms with Gasteiger partial charge in [0, 0.05) is 0 Å². The number of halogens is 1. The number of anilines is 1. The van der Waals surface area contributed by atoms with Crippen LogP contribution >= 0.6 is 0 Å². The molecule has 0 heterocycles. The normalized spacial score (nSPS) is 11.7. The van der Waals surface area contributed by atoms with E-state index in [0.29, 0.717) is 0 Å². The molecule has 1 aromatic rings. The fraction of sp³-hybridized carbons (Fsp3) is 0.273. The second kappa shape index (κ2) is 5.29. The maximum atomic E-state index is 13.3. The summed E-state index contributed by atoms with van der Waals surface area (Å²) in [7, 11) is 0. The summed E-state index contributed by atoms with van der Waals surface area (Å²) < 4.78 is 13.3. The molecule has 1 aromatic carbocycles. The number of carboxylic acids is 1. The van der Waals surface area contributed by atoms with Crippen molar-refractivity contribution >= 4 is 17.7 Å². The van der Waals surface area contributed by atoms with E-state index >= 15 is 0 Å². The number of rotatable bonds is 3. The summed E-state index contributed by atoms with van der Waals surface area (Å²) in [6.07, 6.45) is 0. The smallest absolute Gasteiger partial charge is 0.325 e. The van der Waals surface area contributed by atoms with Crippen LogP contribution in [0.25, 0.3) is 0 Å². The number of amides is 2. The van der Waals surface area contributed by atoms with Gasteiger partial charge in [0.1, 0.15) is 11.9 Å². The number of urea groups is 1. The predicted molar refractivity (Wildman–Crippen MR) is 60.4 cm³/mol. The summed E-state index contributed by atoms with van der Waals surface area (Å²) in [5, 5.41) is 13.0. The first kappa shape index (κ1) is 13.0. The molecule has 3 N–H and O–H groups in total. The van der Waals surface area contributed by atoms with E-state index in [1.165, 1.54) is 19.1 Å². The number of carboxylic acid groups (broad SMARTS) is 1. The molecule has 6 heteroatoms. The van der Waals surface area contributed by atoms with Crippen LogP contribution in [0.5, 0.6) is 0 Å². The van der Waals surface area contributed by atoms with Crippen molar-refractivity contribution in [3.8, 4) is 0 Å². The van der Waals surface area contributed by atoms with Crippen LogP contribution in [0.4, 0.5) is 14.9 Å². The molecule has 0 aliphatic carbocycles. The number of benzene rings is 1. The van der Waals surface area contributed by atoms with Crippen LogP contribution in [0.2, 0.25) is 0 Å². The molecule has 0 fully saturated rings. The summed E-state index contributed by atoms with van der Waals surface area (Å²) in [5.74, 6) is -1.73. The van der Waals surface area contributed by atoms with Crippen molar-refractivity contribution in [2.24, 2.45) is 0 Å². The van der Waals surface area contributed by atoms with Crippen LogP contribution in [0.15, 0.2) is 18.2 Å². The number of hydrogen-bond donors (Lipinski definition) is 3. The first-order valence-corrected chi connectivity index (χ1v) is 4.96. The highest BCUT2D eigenvalue weighted by Gasteiger charge is 2.14. The maximum Gasteiger partial charge on any atom is 0.325 e. The van der Waals surface area contributed by atoms with Crippen molar-refractivity contribution in [3.63, 3.8) is 0 Å². The second-order valence-electron chi connectivity index (χ2n) is 3.64. The van der Waals surface area contributed by atoms with Crippen molar-refractivity contribution < 1.29 is 19.1 Å². The van der Waals surface area contributed by atoms with E-state index in [9.17, 15) is 14.0 Å². The zero-order chi connectivity index (χ0) is 13.0. The van der Waals surface area contributed by atoms with Crippen molar-refractivity contribution in [3.05, 3.63) is 29.6 Å². The summed E-state index contributed by atoms with van der Waals surface area (Å²) in [6, 6.07) is 2.52. The minimum Gasteiger partial charge on any atom is -0.480 e. The van der Waals surface area contributed by atoms with Crippen LogP contribution in [0, 0.1) is 12.7 Å². The lowest BCUT2D eigenvalue weighted by Crippen LogP contribution is -2.41. The van der Waals surface area contributed by atoms with E-state index in [1.54, 1.807) is 13.0 Å². The number of aryl methyl sites for hydroxylation is 1. The summed E-state index contributed by atoms with van der Waals surface area (Å²) in [4.78, 5) is 21.8. The highest BCUT2D eigenvalue weighted by atomic mass is 19.1. The predicted octanol–water partition coefficient (Wildman–Crippen LogP) is 1.73. The van der Waals surface area contributed by atoms with Gasteiger partial charge in [-0.25, -0.2) is 9.18 Å². The highest BCUT2D eigenvalue weighted by molar-refractivity contribution is 5.92. The third-order valence-corrected chi connectivity index (χ3v) is 2.09. The fourth-order valence-corrected chi connectivity index (χ4v) is 1.14. The Kier molecular flexibility index (Phi) is 4.03. The molecule has 0 spiro atoms. The van der Waals surface area contributed by atoms with Gasteiger partial charge in [-0.2, -0.15) is 0 Å². The number of aliphatic carboxylic acids is 1. The van der Waals surface area contributed by atoms with Gasteiger partial charge in [0.25, 0.3) is 0 Å². The third kappa shape index (κ3) is 3.75. The molecule has 1 rings (SSSR count). The minimum atomic E-state index is -1.16. The molecule has 92 valence electrons. The monoisotopic (exact) mass is 240 g/mol. The molecule has 0 aliphatic rings. The zero-order valence-corrected chi connectivity index (χ0v) is 9.45. The van der Waals surface area contributed by atoms with E-state index in [4.69, 9.17) is 5.11 Å². The molecule has 5 nitrogen and oxygen atoms in total. The molecule has 17 heavy (non-hydrogen) atoms. The van der Waals surface area contributed by atoms with Gasteiger partial charge in [-0.3, -0.25) is 4.79 Å². The minimum absolute atomic E-state index is 0.00527. The summed E-state index contributed by atoms with van der Waals surface area (Å²) in [5.41, 5.74) is 0.734. The van der Waals surface area contributed by atoms with Gasteiger partial charge in [-0.15, -0.1) is 0 Å². The Morgan fingerprint density at radius 1 is 1.41 bits per heavy atom. The second-order valence-corrected chi connectivity index (χ2v) is 3.64. The van der Waals surface area contributed by atoms with Crippen molar-refractivity contribution in [1.82, 2.24) is 5.32 Å². The molecule has 0 aromatic heterocycles. The number of hydrogen-bond acceptors (Lipinski definition) is 2. The number of nitrogens with one attached hydrogen (secondary N) is 2. The Bertz CT molecular complexity index is 448. The van der Waals surface area contributed by atoms with E-state index in [-0.39, 0.29) is 5.69 Å². The van der Waals surface area contributed by atoms with Gasteiger partial charge < -0.3 is 15.7 Å². The van der Waals surface area contributed by atoms with Crippen LogP contribution in [0.3, 0.4) is 0 Å². The van der Waals surface area contributed by atoms with Crippen molar-refractivity contribution in [2.75, 3.05) is 5.32 Å². The zero-order valence-electron chi connectivity index (χ0n) is 9.45. The Morgan fingerprint density at radius 3 is 2.59 bits per heavy atom. The van der Waals surface area contributed by atoms with E-state index in [1.807, 2.05) is 0 Å². The molecule has 1 atom stereocenters. The lowest BCUT2D eigenvalue weighted by atomic mass is 10.2. The van der Waals surface area contributed by atoms with Crippen molar-refractivity contribution in [1.29, 1.82) is 0 Å². The Morgan fingerprint density at radius 2 is 2.06 bits per heavy atom. The van der Waals surface area contributed by atoms with Gasteiger partial charge in [0.15, 0.2) is 0 Å². The fourth-order valence-electron chi connectivity index (χ4n) is 1.14. The van der Waals surface area contributed by atoms with Gasteiger partial charge in [0.2, 0.25) is 0 Å². The van der Waals surface area contributed by atoms with Crippen molar-refractivity contribution in [2.45, 2.75) is 19.9 Å². The molecule has 0 saturated heterocycles. The highest BCUT2D eigenvalue weighted by Crippen LogP contribution is 2.14. The first-order valence-electron chi connectivity index (χ1n) is 4.96. The Balaban J connectivity index is 2.65. The van der Waals surface area contributed by atoms with Crippen LogP contribution in [-0.4, -0.2) is 23.1 Å². The number of carbonyl (C=O) groups excluding carboxylic acids is 1. The molecular formula is C11H13FN2O3. The van der Waals surface area contributed by atoms with Gasteiger partial charge in [0.05, 0.1) is 5.69 Å². The number of carbonyl (C=O) groups is 2. The maximum absolute atomic E-state index is 13.3. The average molecular weight is 240 g/mol. The third-order valence-electron chi connectivity index (χ3n) is 2.09. The Hall–Kier alpha value is -2.11. The summed E-state index contributed by atoms with van der Waals surface area (Å²) in [6.45, 7) is 3.03. The molecule has 0 unspecified atom stereocenters. The lowest BCUT2D eigenvalue weighted by Gasteiger charge is -2.11. The average Bonchev–Trinajstić information content (AvgIpc) is 2.22. The molecule has 2 amide bonds. The van der Waals surface area contributed by atoms with Crippen LogP contribution in [-0.2, 0) is 4.79 Å². The quantitative estimate of drug-likeness (QED) is 0.752. The molecule has 0 saturated carbocycles. The molecular weight excluding hydrogens is 227 g/mol. The molecule has 0 aliphatic heterocycles. The van der Waals surface area contributed by atoms with Gasteiger partial charge in [-0.05, 0) is 31.5 Å². The van der Waals surface area contributed by atoms with Gasteiger partial charge >= 0.3 is 12.0 Å². The van der Waals surface area contributed by atoms with Gasteiger partial charge in [-0.1, -0.05) is 6.07 Å². The standard InChI is InChI=1S/C11H13FN2O3/c1-6-3-4-9(8(12)5-6)14-11(17)13-7(2)10(15)16/h3-5,7H,1-2H3,(H,15,16)(H2,13,14,17)/t7-/m1/s1. The van der Waals surface area contributed by atoms with E-state index in [0.717, 1.165) is 5.56 Å². The summed E-state index contributed by atoms with van der Waals surface area (Å²) >= 11 is 0.